The second kappa shape index (κ2) is 6.13. The maximum Gasteiger partial charge on any atom is 0.428 e. The standard InChI is InChI=1S/C8F10O3/c9-3(10)1(7(13,14)15)5(19)21-6(20)2(4(11)12)8(16,17)18. The number of alkyl halides is 6. The van der Waals surface area contributed by atoms with E-state index in [2.05, 4.69) is 4.74 Å². The Hall–Kier alpha value is -2.08. The minimum atomic E-state index is -6.08. The van der Waals surface area contributed by atoms with Gasteiger partial charge in [0.1, 0.15) is 0 Å². The van der Waals surface area contributed by atoms with Crippen molar-refractivity contribution in [3.8, 4) is 0 Å². The van der Waals surface area contributed by atoms with Gasteiger partial charge in [0, 0.05) is 0 Å². The first-order valence-electron chi connectivity index (χ1n) is 4.21. The molecular formula is C8F10O3. The Labute approximate surface area is 107 Å². The van der Waals surface area contributed by atoms with Crippen molar-refractivity contribution in [2.45, 2.75) is 12.4 Å². The van der Waals surface area contributed by atoms with Gasteiger partial charge in [-0.15, -0.1) is 0 Å². The van der Waals surface area contributed by atoms with Gasteiger partial charge in [0.15, 0.2) is 0 Å². The van der Waals surface area contributed by atoms with E-state index < -0.39 is 47.6 Å². The maximum absolute atomic E-state index is 11.9. The van der Waals surface area contributed by atoms with Crippen molar-refractivity contribution < 1.29 is 58.2 Å². The van der Waals surface area contributed by atoms with Crippen LogP contribution in [-0.2, 0) is 14.3 Å². The molecule has 0 rings (SSSR count). The number of carbonyl (C=O) groups excluding carboxylic acids is 2. The summed E-state index contributed by atoms with van der Waals surface area (Å²) in [6, 6.07) is 0. The molecule has 0 fully saturated rings. The minimum absolute atomic E-state index is 2.76. The van der Waals surface area contributed by atoms with Crippen LogP contribution in [0.3, 0.4) is 0 Å². The molecule has 0 amide bonds. The highest BCUT2D eigenvalue weighted by Gasteiger charge is 2.48. The van der Waals surface area contributed by atoms with Crippen LogP contribution >= 0.6 is 0 Å². The lowest BCUT2D eigenvalue weighted by Crippen LogP contribution is -2.29. The zero-order valence-electron chi connectivity index (χ0n) is 9.00. The van der Waals surface area contributed by atoms with E-state index in [1.54, 1.807) is 0 Å². The summed E-state index contributed by atoms with van der Waals surface area (Å²) in [5.74, 6) is -6.51. The fourth-order valence-electron chi connectivity index (χ4n) is 0.786. The van der Waals surface area contributed by atoms with Gasteiger partial charge in [-0.25, -0.2) is 9.59 Å². The quantitative estimate of drug-likeness (QED) is 0.336. The monoisotopic (exact) mass is 334 g/mol. The van der Waals surface area contributed by atoms with Gasteiger partial charge in [-0.05, 0) is 0 Å². The Morgan fingerprint density at radius 1 is 0.619 bits per heavy atom. The average Bonchev–Trinajstić information content (AvgIpc) is 2.08. The summed E-state index contributed by atoms with van der Waals surface area (Å²) in [7, 11) is 0. The van der Waals surface area contributed by atoms with Crippen LogP contribution in [0.1, 0.15) is 0 Å². The van der Waals surface area contributed by atoms with Crippen molar-refractivity contribution in [3.05, 3.63) is 23.3 Å². The number of halogens is 10. The molecule has 0 aromatic heterocycles. The fraction of sp³-hybridized carbons (Fsp3) is 0.250. The third kappa shape index (κ3) is 5.07. The number of ether oxygens (including phenoxy) is 1. The lowest BCUT2D eigenvalue weighted by Gasteiger charge is -2.11. The maximum atomic E-state index is 11.9. The molecule has 0 saturated heterocycles. The van der Waals surface area contributed by atoms with E-state index in [1.165, 1.54) is 0 Å². The van der Waals surface area contributed by atoms with E-state index in [0.717, 1.165) is 0 Å². The highest BCUT2D eigenvalue weighted by Crippen LogP contribution is 2.33. The average molecular weight is 334 g/mol. The topological polar surface area (TPSA) is 43.4 Å². The van der Waals surface area contributed by atoms with Crippen molar-refractivity contribution in [2.75, 3.05) is 0 Å². The summed E-state index contributed by atoms with van der Waals surface area (Å²) in [6.07, 6.45) is -19.6. The summed E-state index contributed by atoms with van der Waals surface area (Å²) >= 11 is 0. The molecule has 0 spiro atoms. The zero-order valence-corrected chi connectivity index (χ0v) is 9.00. The van der Waals surface area contributed by atoms with Crippen molar-refractivity contribution in [1.82, 2.24) is 0 Å². The van der Waals surface area contributed by atoms with Crippen LogP contribution in [0.25, 0.3) is 0 Å². The van der Waals surface area contributed by atoms with Crippen LogP contribution in [0.4, 0.5) is 43.9 Å². The molecule has 0 aliphatic heterocycles. The first-order valence-corrected chi connectivity index (χ1v) is 4.21. The van der Waals surface area contributed by atoms with Crippen molar-refractivity contribution in [1.29, 1.82) is 0 Å². The molecule has 0 saturated carbocycles. The van der Waals surface area contributed by atoms with Crippen LogP contribution in [0, 0.1) is 0 Å². The summed E-state index contributed by atoms with van der Waals surface area (Å²) in [5.41, 5.74) is -6.78. The van der Waals surface area contributed by atoms with Gasteiger partial charge in [0.05, 0.1) is 0 Å². The molecule has 3 nitrogen and oxygen atoms in total. The van der Waals surface area contributed by atoms with Gasteiger partial charge >= 0.3 is 24.3 Å². The molecule has 0 radical (unpaired) electrons. The molecule has 0 heterocycles. The Kier molecular flexibility index (Phi) is 5.53. The molecule has 0 aromatic carbocycles. The summed E-state index contributed by atoms with van der Waals surface area (Å²) in [6.45, 7) is 0. The molecule has 0 aliphatic carbocycles. The minimum Gasteiger partial charge on any atom is -0.385 e. The molecule has 0 aromatic rings. The molecule has 0 aliphatic rings. The summed E-state index contributed by atoms with van der Waals surface area (Å²) < 4.78 is 122. The Morgan fingerprint density at radius 3 is 1.00 bits per heavy atom. The van der Waals surface area contributed by atoms with Crippen molar-refractivity contribution in [3.63, 3.8) is 0 Å². The lowest BCUT2D eigenvalue weighted by atomic mass is 10.2. The van der Waals surface area contributed by atoms with Crippen LogP contribution in [0.15, 0.2) is 23.3 Å². The smallest absolute Gasteiger partial charge is 0.385 e. The Bertz CT molecular complexity index is 455. The highest BCUT2D eigenvalue weighted by atomic mass is 19.4. The molecule has 0 atom stereocenters. The van der Waals surface area contributed by atoms with Gasteiger partial charge < -0.3 is 4.74 Å². The summed E-state index contributed by atoms with van der Waals surface area (Å²) in [5, 5.41) is 0. The van der Waals surface area contributed by atoms with E-state index in [0.29, 0.717) is 0 Å². The van der Waals surface area contributed by atoms with Gasteiger partial charge in [-0.3, -0.25) is 0 Å². The van der Waals surface area contributed by atoms with Gasteiger partial charge in [0.25, 0.3) is 12.2 Å². The molecule has 13 heteroatoms. The van der Waals surface area contributed by atoms with E-state index in [9.17, 15) is 53.5 Å². The number of hydrogen-bond acceptors (Lipinski definition) is 3. The van der Waals surface area contributed by atoms with Crippen LogP contribution in [-0.4, -0.2) is 24.3 Å². The van der Waals surface area contributed by atoms with Crippen LogP contribution in [0.2, 0.25) is 0 Å². The normalized spacial score (nSPS) is 11.7. The third-order valence-electron chi connectivity index (χ3n) is 1.54. The van der Waals surface area contributed by atoms with Crippen molar-refractivity contribution in [2.24, 2.45) is 0 Å². The Balaban J connectivity index is 5.52. The summed E-state index contributed by atoms with van der Waals surface area (Å²) in [4.78, 5) is 21.1. The second-order valence-corrected chi connectivity index (χ2v) is 2.94. The number of carbonyl (C=O) groups is 2. The van der Waals surface area contributed by atoms with Gasteiger partial charge in [-0.1, -0.05) is 0 Å². The Morgan fingerprint density at radius 2 is 0.857 bits per heavy atom. The lowest BCUT2D eigenvalue weighted by molar-refractivity contribution is -0.166. The van der Waals surface area contributed by atoms with Gasteiger partial charge in [0.2, 0.25) is 11.1 Å². The highest BCUT2D eigenvalue weighted by molar-refractivity contribution is 6.03. The predicted molar refractivity (Wildman–Crippen MR) is 41.7 cm³/mol. The predicted octanol–water partition coefficient (Wildman–Crippen LogP) is 3.48. The van der Waals surface area contributed by atoms with E-state index in [-0.39, 0.29) is 0 Å². The molecular weight excluding hydrogens is 334 g/mol. The first-order chi connectivity index (χ1) is 9.19. The molecule has 21 heavy (non-hydrogen) atoms. The number of esters is 2. The molecule has 0 bridgehead atoms. The zero-order chi connectivity index (χ0) is 17.2. The van der Waals surface area contributed by atoms with E-state index in [4.69, 9.17) is 0 Å². The number of hydrogen-bond donors (Lipinski definition) is 0. The fourth-order valence-corrected chi connectivity index (χ4v) is 0.786. The second-order valence-electron chi connectivity index (χ2n) is 2.94. The molecule has 0 N–H and O–H groups in total. The SMILES string of the molecule is O=C(OC(=O)C(=C(F)F)C(F)(F)F)C(=C(F)F)C(F)(F)F. The largest absolute Gasteiger partial charge is 0.428 e. The van der Waals surface area contributed by atoms with Crippen LogP contribution < -0.4 is 0 Å². The van der Waals surface area contributed by atoms with Gasteiger partial charge in [-0.2, -0.15) is 43.9 Å². The van der Waals surface area contributed by atoms with E-state index >= 15 is 0 Å². The van der Waals surface area contributed by atoms with Crippen molar-refractivity contribution >= 4 is 11.9 Å². The molecule has 120 valence electrons. The molecule has 0 unspecified atom stereocenters. The van der Waals surface area contributed by atoms with E-state index in [1.807, 2.05) is 0 Å². The number of rotatable bonds is 2. The third-order valence-corrected chi connectivity index (χ3v) is 1.54. The first kappa shape index (κ1) is 18.9. The van der Waals surface area contributed by atoms with Crippen LogP contribution in [0.5, 0.6) is 0 Å².